The van der Waals surface area contributed by atoms with Gasteiger partial charge in [-0.2, -0.15) is 15.0 Å². The van der Waals surface area contributed by atoms with E-state index in [1.807, 2.05) is 25.1 Å². The Bertz CT molecular complexity index is 1120. The molecular weight excluding hydrogens is 410 g/mol. The van der Waals surface area contributed by atoms with Gasteiger partial charge in [0.1, 0.15) is 11.7 Å². The number of aromatic nitrogens is 4. The van der Waals surface area contributed by atoms with E-state index < -0.39 is 5.97 Å². The zero-order valence-corrected chi connectivity index (χ0v) is 18.3. The lowest BCUT2D eigenvalue weighted by Crippen LogP contribution is -2.49. The number of piperidine rings is 1. The Kier molecular flexibility index (Phi) is 6.16. The summed E-state index contributed by atoms with van der Waals surface area (Å²) >= 11 is 0. The van der Waals surface area contributed by atoms with Crippen LogP contribution in [0.2, 0.25) is 0 Å². The number of ether oxygens (including phenoxy) is 2. The van der Waals surface area contributed by atoms with Gasteiger partial charge >= 0.3 is 5.97 Å². The second kappa shape index (κ2) is 9.17. The van der Waals surface area contributed by atoms with Crippen LogP contribution in [0.15, 0.2) is 48.9 Å². The summed E-state index contributed by atoms with van der Waals surface area (Å²) in [6.07, 6.45) is 5.94. The average molecular weight is 435 g/mol. The van der Waals surface area contributed by atoms with Crippen LogP contribution in [0.1, 0.15) is 46.0 Å². The van der Waals surface area contributed by atoms with E-state index in [0.717, 1.165) is 18.4 Å². The van der Waals surface area contributed by atoms with Gasteiger partial charge in [0, 0.05) is 12.2 Å². The number of carbonyl (C=O) groups excluding carboxylic acids is 2. The molecule has 1 fully saturated rings. The first-order valence-corrected chi connectivity index (χ1v) is 10.5. The Morgan fingerprint density at radius 3 is 2.56 bits per heavy atom. The van der Waals surface area contributed by atoms with Gasteiger partial charge in [-0.15, -0.1) is 0 Å². The SMILES string of the molecule is COC(=O)c1c(C)ccnc1OC1CCC(C)N(C(=O)c2ccccc2-n2nccn2)C1. The molecule has 0 saturated carbocycles. The fourth-order valence-electron chi connectivity index (χ4n) is 3.91. The van der Waals surface area contributed by atoms with Crippen LogP contribution in [-0.4, -0.2) is 62.6 Å². The lowest BCUT2D eigenvalue weighted by Gasteiger charge is -2.38. The number of carbonyl (C=O) groups is 2. The molecule has 1 saturated heterocycles. The van der Waals surface area contributed by atoms with Crippen molar-refractivity contribution in [2.45, 2.75) is 38.8 Å². The maximum absolute atomic E-state index is 13.5. The van der Waals surface area contributed by atoms with Crippen molar-refractivity contribution in [2.24, 2.45) is 0 Å². The third-order valence-electron chi connectivity index (χ3n) is 5.66. The van der Waals surface area contributed by atoms with Gasteiger partial charge in [-0.05, 0) is 50.5 Å². The Morgan fingerprint density at radius 2 is 1.81 bits per heavy atom. The van der Waals surface area contributed by atoms with Crippen LogP contribution in [0.4, 0.5) is 0 Å². The molecule has 3 aromatic rings. The van der Waals surface area contributed by atoms with Gasteiger partial charge in [0.15, 0.2) is 0 Å². The Hall–Kier alpha value is -3.75. The Labute approximate surface area is 186 Å². The molecule has 0 N–H and O–H groups in total. The molecule has 1 aliphatic heterocycles. The number of nitrogens with zero attached hydrogens (tertiary/aromatic N) is 5. The van der Waals surface area contributed by atoms with Crippen LogP contribution >= 0.6 is 0 Å². The minimum absolute atomic E-state index is 0.0338. The number of benzene rings is 1. The van der Waals surface area contributed by atoms with E-state index in [9.17, 15) is 9.59 Å². The van der Waals surface area contributed by atoms with Crippen LogP contribution < -0.4 is 4.74 Å². The average Bonchev–Trinajstić information content (AvgIpc) is 3.34. The second-order valence-electron chi connectivity index (χ2n) is 7.76. The van der Waals surface area contributed by atoms with E-state index in [4.69, 9.17) is 9.47 Å². The first kappa shape index (κ1) is 21.5. The number of likely N-dealkylation sites (tertiary alicyclic amines) is 1. The molecule has 9 heteroatoms. The molecule has 0 aliphatic carbocycles. The predicted molar refractivity (Wildman–Crippen MR) is 116 cm³/mol. The molecule has 9 nitrogen and oxygen atoms in total. The van der Waals surface area contributed by atoms with Gasteiger partial charge in [0.25, 0.3) is 5.91 Å². The predicted octanol–water partition coefficient (Wildman–Crippen LogP) is 2.83. The molecule has 0 spiro atoms. The van der Waals surface area contributed by atoms with E-state index >= 15 is 0 Å². The van der Waals surface area contributed by atoms with E-state index in [1.165, 1.54) is 11.9 Å². The van der Waals surface area contributed by atoms with Crippen molar-refractivity contribution in [3.8, 4) is 11.6 Å². The normalized spacial score (nSPS) is 18.3. The second-order valence-corrected chi connectivity index (χ2v) is 7.76. The summed E-state index contributed by atoms with van der Waals surface area (Å²) in [5.41, 5.74) is 2.16. The minimum atomic E-state index is -0.497. The van der Waals surface area contributed by atoms with Crippen molar-refractivity contribution < 1.29 is 19.1 Å². The topological polar surface area (TPSA) is 99.4 Å². The number of hydrogen-bond acceptors (Lipinski definition) is 7. The van der Waals surface area contributed by atoms with E-state index in [-0.39, 0.29) is 23.9 Å². The number of amides is 1. The van der Waals surface area contributed by atoms with Gasteiger partial charge in [-0.25, -0.2) is 9.78 Å². The highest BCUT2D eigenvalue weighted by atomic mass is 16.5. The van der Waals surface area contributed by atoms with Crippen LogP contribution in [-0.2, 0) is 4.74 Å². The quantitative estimate of drug-likeness (QED) is 0.568. The molecule has 1 amide bonds. The summed E-state index contributed by atoms with van der Waals surface area (Å²) in [7, 11) is 1.33. The lowest BCUT2D eigenvalue weighted by atomic mass is 9.99. The highest BCUT2D eigenvalue weighted by Crippen LogP contribution is 2.27. The van der Waals surface area contributed by atoms with Crippen LogP contribution in [0.5, 0.6) is 5.88 Å². The highest BCUT2D eigenvalue weighted by molar-refractivity contribution is 5.98. The van der Waals surface area contributed by atoms with Crippen LogP contribution in [0, 0.1) is 6.92 Å². The first-order valence-electron chi connectivity index (χ1n) is 10.5. The number of methoxy groups -OCH3 is 1. The molecule has 2 aromatic heterocycles. The third-order valence-corrected chi connectivity index (χ3v) is 5.66. The van der Waals surface area contributed by atoms with E-state index in [0.29, 0.717) is 23.4 Å². The minimum Gasteiger partial charge on any atom is -0.472 e. The molecule has 0 bridgehead atoms. The molecule has 4 rings (SSSR count). The monoisotopic (exact) mass is 435 g/mol. The maximum atomic E-state index is 13.5. The highest BCUT2D eigenvalue weighted by Gasteiger charge is 2.33. The fourth-order valence-corrected chi connectivity index (χ4v) is 3.91. The lowest BCUT2D eigenvalue weighted by molar-refractivity contribution is 0.0358. The molecule has 166 valence electrons. The third kappa shape index (κ3) is 4.18. The molecule has 0 radical (unpaired) electrons. The van der Waals surface area contributed by atoms with Crippen molar-refractivity contribution in [2.75, 3.05) is 13.7 Å². The maximum Gasteiger partial charge on any atom is 0.343 e. The standard InChI is InChI=1S/C23H25N5O4/c1-15-10-11-24-21(20(15)23(30)31-3)32-17-9-8-16(2)27(14-17)22(29)18-6-4-5-7-19(18)28-25-12-13-26-28/h4-7,10-13,16-17H,8-9,14H2,1-3H3. The number of hydrogen-bond donors (Lipinski definition) is 0. The molecule has 32 heavy (non-hydrogen) atoms. The van der Waals surface area contributed by atoms with Gasteiger partial charge in [0.05, 0.1) is 37.3 Å². The number of rotatable bonds is 5. The van der Waals surface area contributed by atoms with Crippen LogP contribution in [0.3, 0.4) is 0 Å². The van der Waals surface area contributed by atoms with Gasteiger partial charge < -0.3 is 14.4 Å². The molecular formula is C23H25N5O4. The van der Waals surface area contributed by atoms with Gasteiger partial charge in [0.2, 0.25) is 5.88 Å². The Morgan fingerprint density at radius 1 is 1.06 bits per heavy atom. The summed E-state index contributed by atoms with van der Waals surface area (Å²) in [5, 5.41) is 8.33. The first-order chi connectivity index (χ1) is 15.5. The van der Waals surface area contributed by atoms with Crippen LogP contribution in [0.25, 0.3) is 5.69 Å². The van der Waals surface area contributed by atoms with Crippen molar-refractivity contribution in [1.29, 1.82) is 0 Å². The summed E-state index contributed by atoms with van der Waals surface area (Å²) in [4.78, 5) is 33.2. The van der Waals surface area contributed by atoms with Gasteiger partial charge in [-0.1, -0.05) is 12.1 Å². The summed E-state index contributed by atoms with van der Waals surface area (Å²) < 4.78 is 11.0. The largest absolute Gasteiger partial charge is 0.472 e. The fraction of sp³-hybridized carbons (Fsp3) is 0.348. The zero-order valence-electron chi connectivity index (χ0n) is 18.3. The van der Waals surface area contributed by atoms with Crippen molar-refractivity contribution in [1.82, 2.24) is 24.9 Å². The molecule has 3 heterocycles. The van der Waals surface area contributed by atoms with Crippen molar-refractivity contribution >= 4 is 11.9 Å². The van der Waals surface area contributed by atoms with E-state index in [2.05, 4.69) is 15.2 Å². The number of pyridine rings is 1. The van der Waals surface area contributed by atoms with Crippen molar-refractivity contribution in [3.63, 3.8) is 0 Å². The smallest absolute Gasteiger partial charge is 0.343 e. The summed E-state index contributed by atoms with van der Waals surface area (Å²) in [5.74, 6) is -0.391. The van der Waals surface area contributed by atoms with Gasteiger partial charge in [-0.3, -0.25) is 4.79 Å². The zero-order chi connectivity index (χ0) is 22.7. The molecule has 2 unspecified atom stereocenters. The molecule has 1 aromatic carbocycles. The Balaban J connectivity index is 1.58. The number of para-hydroxylation sites is 1. The van der Waals surface area contributed by atoms with E-state index in [1.54, 1.807) is 42.5 Å². The summed E-state index contributed by atoms with van der Waals surface area (Å²) in [6, 6.07) is 9.02. The molecule has 2 atom stereocenters. The summed E-state index contributed by atoms with van der Waals surface area (Å²) in [6.45, 7) is 4.20. The molecule has 1 aliphatic rings. The van der Waals surface area contributed by atoms with Crippen molar-refractivity contribution in [3.05, 3.63) is 65.6 Å². The number of esters is 1. The number of aryl methyl sites for hydroxylation is 1.